The van der Waals surface area contributed by atoms with Gasteiger partial charge < -0.3 is 10.1 Å². The van der Waals surface area contributed by atoms with Gasteiger partial charge in [-0.1, -0.05) is 30.3 Å². The molecule has 0 radical (unpaired) electrons. The van der Waals surface area contributed by atoms with Gasteiger partial charge in [0.15, 0.2) is 0 Å². The Bertz CT molecular complexity index is 751. The Morgan fingerprint density at radius 2 is 1.67 bits per heavy atom. The molecule has 0 fully saturated rings. The van der Waals surface area contributed by atoms with Gasteiger partial charge in [-0.05, 0) is 55.6 Å². The first kappa shape index (κ1) is 18.4. The van der Waals surface area contributed by atoms with Crippen LogP contribution in [0.4, 0.5) is 0 Å². The lowest BCUT2D eigenvalue weighted by Gasteiger charge is -2.12. The molecule has 5 nitrogen and oxygen atoms in total. The Balaban J connectivity index is 1.70. The number of hydrogen-bond acceptors (Lipinski definition) is 4. The quantitative estimate of drug-likeness (QED) is 0.718. The van der Waals surface area contributed by atoms with E-state index in [0.717, 1.165) is 35.4 Å². The number of hydrogen-bond donors (Lipinski definition) is 2. The van der Waals surface area contributed by atoms with Crippen LogP contribution < -0.4 is 15.2 Å². The first-order chi connectivity index (χ1) is 11.4. The normalized spacial score (nSPS) is 11.5. The minimum Gasteiger partial charge on any atom is -0.493 e. The number of nitrogens with one attached hydrogen (secondary N) is 1. The number of rotatable bonds is 8. The standard InChI is InChI=1S/C18H24N2O3S/c1-14-5-3-6-15(2)18(14)23-12-4-11-20-13-16-7-9-17(10-8-16)24(19,21)22/h3,5-10,20H,4,11-13H2,1-2H3,(H2,19,21,22). The fourth-order valence-corrected chi connectivity index (χ4v) is 2.94. The highest BCUT2D eigenvalue weighted by Gasteiger charge is 2.06. The van der Waals surface area contributed by atoms with Crippen molar-refractivity contribution in [3.63, 3.8) is 0 Å². The second-order valence-corrected chi connectivity index (χ2v) is 7.35. The number of benzene rings is 2. The average Bonchev–Trinajstić information content (AvgIpc) is 2.52. The van der Waals surface area contributed by atoms with E-state index in [0.29, 0.717) is 13.2 Å². The number of aryl methyl sites for hydroxylation is 2. The molecule has 2 aromatic rings. The Hall–Kier alpha value is -1.89. The molecule has 0 aromatic heterocycles. The first-order valence-electron chi connectivity index (χ1n) is 7.89. The Morgan fingerprint density at radius 3 is 2.25 bits per heavy atom. The van der Waals surface area contributed by atoms with Crippen LogP contribution in [-0.4, -0.2) is 21.6 Å². The molecule has 0 unspecified atom stereocenters. The minimum atomic E-state index is -3.62. The lowest BCUT2D eigenvalue weighted by atomic mass is 10.1. The number of primary sulfonamides is 1. The molecule has 0 amide bonds. The smallest absolute Gasteiger partial charge is 0.238 e. The summed E-state index contributed by atoms with van der Waals surface area (Å²) in [5.41, 5.74) is 3.31. The zero-order valence-corrected chi connectivity index (χ0v) is 14.9. The molecule has 0 aliphatic carbocycles. The van der Waals surface area contributed by atoms with Crippen molar-refractivity contribution in [1.82, 2.24) is 5.32 Å². The van der Waals surface area contributed by atoms with E-state index in [1.54, 1.807) is 12.1 Å². The lowest BCUT2D eigenvalue weighted by Crippen LogP contribution is -2.17. The van der Waals surface area contributed by atoms with Gasteiger partial charge in [0.2, 0.25) is 10.0 Å². The van der Waals surface area contributed by atoms with Crippen molar-refractivity contribution in [2.24, 2.45) is 5.14 Å². The summed E-state index contributed by atoms with van der Waals surface area (Å²) in [5.74, 6) is 0.969. The van der Waals surface area contributed by atoms with Gasteiger partial charge in [0.25, 0.3) is 0 Å². The van der Waals surface area contributed by atoms with Gasteiger partial charge in [0, 0.05) is 6.54 Å². The molecule has 24 heavy (non-hydrogen) atoms. The van der Waals surface area contributed by atoms with Gasteiger partial charge in [-0.3, -0.25) is 0 Å². The molecule has 0 aliphatic rings. The van der Waals surface area contributed by atoms with E-state index >= 15 is 0 Å². The van der Waals surface area contributed by atoms with Crippen LogP contribution in [0.5, 0.6) is 5.75 Å². The zero-order valence-electron chi connectivity index (χ0n) is 14.1. The molecular weight excluding hydrogens is 324 g/mol. The highest BCUT2D eigenvalue weighted by molar-refractivity contribution is 7.89. The highest BCUT2D eigenvalue weighted by Crippen LogP contribution is 2.22. The van der Waals surface area contributed by atoms with E-state index in [9.17, 15) is 8.42 Å². The van der Waals surface area contributed by atoms with Crippen molar-refractivity contribution >= 4 is 10.0 Å². The van der Waals surface area contributed by atoms with E-state index in [2.05, 4.69) is 5.32 Å². The van der Waals surface area contributed by atoms with Crippen molar-refractivity contribution < 1.29 is 13.2 Å². The third kappa shape index (κ3) is 5.33. The molecule has 3 N–H and O–H groups in total. The monoisotopic (exact) mass is 348 g/mol. The molecule has 0 atom stereocenters. The predicted molar refractivity (Wildman–Crippen MR) is 95.5 cm³/mol. The van der Waals surface area contributed by atoms with Crippen LogP contribution in [0, 0.1) is 13.8 Å². The molecule has 0 saturated heterocycles. The van der Waals surface area contributed by atoms with Crippen LogP contribution in [0.2, 0.25) is 0 Å². The van der Waals surface area contributed by atoms with E-state index in [-0.39, 0.29) is 4.90 Å². The molecule has 0 aliphatic heterocycles. The Kier molecular flexibility index (Phi) is 6.36. The second kappa shape index (κ2) is 8.28. The van der Waals surface area contributed by atoms with Gasteiger partial charge in [0.1, 0.15) is 5.75 Å². The summed E-state index contributed by atoms with van der Waals surface area (Å²) >= 11 is 0. The molecule has 0 heterocycles. The summed E-state index contributed by atoms with van der Waals surface area (Å²) in [6, 6.07) is 12.7. The van der Waals surface area contributed by atoms with Crippen molar-refractivity contribution in [1.29, 1.82) is 0 Å². The fourth-order valence-electron chi connectivity index (χ4n) is 2.43. The topological polar surface area (TPSA) is 81.4 Å². The van der Waals surface area contributed by atoms with E-state index in [1.165, 1.54) is 12.1 Å². The van der Waals surface area contributed by atoms with Gasteiger partial charge in [-0.15, -0.1) is 0 Å². The van der Waals surface area contributed by atoms with Crippen molar-refractivity contribution in [3.05, 3.63) is 59.2 Å². The molecule has 2 aromatic carbocycles. The van der Waals surface area contributed by atoms with Crippen molar-refractivity contribution in [3.8, 4) is 5.75 Å². The first-order valence-corrected chi connectivity index (χ1v) is 9.44. The average molecular weight is 348 g/mol. The number of para-hydroxylation sites is 1. The fraction of sp³-hybridized carbons (Fsp3) is 0.333. The molecule has 2 rings (SSSR count). The molecule has 0 bridgehead atoms. The molecule has 0 saturated carbocycles. The summed E-state index contributed by atoms with van der Waals surface area (Å²) in [6.07, 6.45) is 0.892. The van der Waals surface area contributed by atoms with Crippen LogP contribution in [0.1, 0.15) is 23.1 Å². The van der Waals surface area contributed by atoms with Gasteiger partial charge in [-0.25, -0.2) is 13.6 Å². The minimum absolute atomic E-state index is 0.133. The molecule has 0 spiro atoms. The maximum absolute atomic E-state index is 11.2. The molecule has 6 heteroatoms. The number of ether oxygens (including phenoxy) is 1. The third-order valence-corrected chi connectivity index (χ3v) is 4.66. The highest BCUT2D eigenvalue weighted by atomic mass is 32.2. The van der Waals surface area contributed by atoms with E-state index < -0.39 is 10.0 Å². The van der Waals surface area contributed by atoms with Crippen LogP contribution in [0.3, 0.4) is 0 Å². The van der Waals surface area contributed by atoms with Crippen LogP contribution in [0.15, 0.2) is 47.4 Å². The summed E-state index contributed by atoms with van der Waals surface area (Å²) < 4.78 is 28.2. The summed E-state index contributed by atoms with van der Waals surface area (Å²) in [7, 11) is -3.62. The van der Waals surface area contributed by atoms with Gasteiger partial charge in [0.05, 0.1) is 11.5 Å². The van der Waals surface area contributed by atoms with E-state index in [1.807, 2.05) is 32.0 Å². The Labute approximate surface area is 143 Å². The lowest BCUT2D eigenvalue weighted by molar-refractivity contribution is 0.304. The van der Waals surface area contributed by atoms with Gasteiger partial charge >= 0.3 is 0 Å². The molecular formula is C18H24N2O3S. The Morgan fingerprint density at radius 1 is 1.04 bits per heavy atom. The summed E-state index contributed by atoms with van der Waals surface area (Å²) in [4.78, 5) is 0.133. The van der Waals surface area contributed by atoms with Crippen LogP contribution >= 0.6 is 0 Å². The SMILES string of the molecule is Cc1cccc(C)c1OCCCNCc1ccc(S(N)(=O)=O)cc1. The van der Waals surface area contributed by atoms with Crippen molar-refractivity contribution in [2.45, 2.75) is 31.7 Å². The maximum atomic E-state index is 11.2. The summed E-state index contributed by atoms with van der Waals surface area (Å²) in [6.45, 7) is 6.25. The maximum Gasteiger partial charge on any atom is 0.238 e. The third-order valence-electron chi connectivity index (χ3n) is 3.73. The second-order valence-electron chi connectivity index (χ2n) is 5.79. The van der Waals surface area contributed by atoms with Crippen molar-refractivity contribution in [2.75, 3.05) is 13.2 Å². The van der Waals surface area contributed by atoms with Crippen LogP contribution in [0.25, 0.3) is 0 Å². The predicted octanol–water partition coefficient (Wildman–Crippen LogP) is 2.51. The number of nitrogens with two attached hydrogens (primary N) is 1. The molecule has 130 valence electrons. The van der Waals surface area contributed by atoms with Crippen LogP contribution in [-0.2, 0) is 16.6 Å². The largest absolute Gasteiger partial charge is 0.493 e. The van der Waals surface area contributed by atoms with Gasteiger partial charge in [-0.2, -0.15) is 0 Å². The number of sulfonamides is 1. The zero-order chi connectivity index (χ0) is 17.6. The summed E-state index contributed by atoms with van der Waals surface area (Å²) in [5, 5.41) is 8.39. The van der Waals surface area contributed by atoms with E-state index in [4.69, 9.17) is 9.88 Å².